The molecule has 0 fully saturated rings. The van der Waals surface area contributed by atoms with Crippen molar-refractivity contribution in [2.45, 2.75) is 32.8 Å². The Morgan fingerprint density at radius 1 is 1.22 bits per heavy atom. The number of rotatable bonds is 8. The highest BCUT2D eigenvalue weighted by Crippen LogP contribution is 2.14. The van der Waals surface area contributed by atoms with E-state index in [2.05, 4.69) is 48.3 Å². The Morgan fingerprint density at radius 3 is 2.44 bits per heavy atom. The van der Waals surface area contributed by atoms with Crippen LogP contribution in [0.2, 0.25) is 0 Å². The molecule has 3 nitrogen and oxygen atoms in total. The molecule has 0 aliphatic rings. The maximum atomic E-state index is 9.90. The Morgan fingerprint density at radius 2 is 1.89 bits per heavy atom. The first kappa shape index (κ1) is 15.0. The largest absolute Gasteiger partial charge is 0.390 e. The van der Waals surface area contributed by atoms with Gasteiger partial charge in [0.1, 0.15) is 0 Å². The summed E-state index contributed by atoms with van der Waals surface area (Å²) in [5.41, 5.74) is 2.50. The van der Waals surface area contributed by atoms with Gasteiger partial charge in [0.2, 0.25) is 0 Å². The summed E-state index contributed by atoms with van der Waals surface area (Å²) >= 11 is 0. The number of aliphatic hydroxyl groups excluding tert-OH is 1. The minimum Gasteiger partial charge on any atom is -0.390 e. The van der Waals surface area contributed by atoms with Crippen LogP contribution in [0.3, 0.4) is 0 Å². The van der Waals surface area contributed by atoms with Crippen LogP contribution in [0.1, 0.15) is 25.8 Å². The van der Waals surface area contributed by atoms with Crippen molar-refractivity contribution in [2.75, 3.05) is 31.6 Å². The van der Waals surface area contributed by atoms with Gasteiger partial charge in [-0.15, -0.1) is 0 Å². The molecule has 1 atom stereocenters. The highest BCUT2D eigenvalue weighted by molar-refractivity contribution is 5.46. The average molecular weight is 250 g/mol. The van der Waals surface area contributed by atoms with Gasteiger partial charge in [-0.25, -0.2) is 0 Å². The summed E-state index contributed by atoms with van der Waals surface area (Å²) in [5.74, 6) is 0. The molecule has 102 valence electrons. The number of hydrogen-bond donors (Lipinski definition) is 2. The number of aliphatic hydroxyl groups is 1. The zero-order valence-corrected chi connectivity index (χ0v) is 11.8. The molecule has 18 heavy (non-hydrogen) atoms. The highest BCUT2D eigenvalue weighted by atomic mass is 16.3. The quantitative estimate of drug-likeness (QED) is 0.693. The molecule has 1 unspecified atom stereocenters. The average Bonchev–Trinajstić information content (AvgIpc) is 2.39. The highest BCUT2D eigenvalue weighted by Gasteiger charge is 2.08. The number of nitrogens with zero attached hydrogens (tertiary/aromatic N) is 1. The van der Waals surface area contributed by atoms with Crippen molar-refractivity contribution < 1.29 is 5.11 Å². The van der Waals surface area contributed by atoms with Gasteiger partial charge in [-0.3, -0.25) is 0 Å². The molecular formula is C15H26N2O. The van der Waals surface area contributed by atoms with Gasteiger partial charge in [0.15, 0.2) is 0 Å². The van der Waals surface area contributed by atoms with Gasteiger partial charge in [-0.1, -0.05) is 26.0 Å². The number of anilines is 1. The summed E-state index contributed by atoms with van der Waals surface area (Å²) in [6.45, 7) is 6.56. The van der Waals surface area contributed by atoms with E-state index >= 15 is 0 Å². The maximum Gasteiger partial charge on any atom is 0.0839 e. The smallest absolute Gasteiger partial charge is 0.0839 e. The SMILES string of the molecule is CCCNCC(O)CN(C)c1ccc(CC)cc1. The molecular weight excluding hydrogens is 224 g/mol. The van der Waals surface area contributed by atoms with Crippen molar-refractivity contribution in [3.8, 4) is 0 Å². The summed E-state index contributed by atoms with van der Waals surface area (Å²) in [6, 6.07) is 8.52. The lowest BCUT2D eigenvalue weighted by Gasteiger charge is -2.23. The Kier molecular flexibility index (Phi) is 6.76. The van der Waals surface area contributed by atoms with Crippen LogP contribution in [0.15, 0.2) is 24.3 Å². The van der Waals surface area contributed by atoms with Gasteiger partial charge in [-0.2, -0.15) is 0 Å². The minimum absolute atomic E-state index is 0.326. The van der Waals surface area contributed by atoms with E-state index in [0.717, 1.165) is 25.1 Å². The Hall–Kier alpha value is -1.06. The van der Waals surface area contributed by atoms with Crippen LogP contribution in [-0.4, -0.2) is 37.9 Å². The lowest BCUT2D eigenvalue weighted by Crippen LogP contribution is -2.36. The molecule has 2 N–H and O–H groups in total. The van der Waals surface area contributed by atoms with E-state index < -0.39 is 0 Å². The molecule has 0 radical (unpaired) electrons. The monoisotopic (exact) mass is 250 g/mol. The van der Waals surface area contributed by atoms with Crippen LogP contribution in [-0.2, 0) is 6.42 Å². The molecule has 0 spiro atoms. The molecule has 1 aromatic rings. The predicted molar refractivity (Wildman–Crippen MR) is 78.3 cm³/mol. The molecule has 0 aliphatic carbocycles. The first-order chi connectivity index (χ1) is 8.67. The van der Waals surface area contributed by atoms with Gasteiger partial charge in [0.25, 0.3) is 0 Å². The lowest BCUT2D eigenvalue weighted by molar-refractivity contribution is 0.178. The second-order valence-electron chi connectivity index (χ2n) is 4.76. The summed E-state index contributed by atoms with van der Waals surface area (Å²) < 4.78 is 0. The van der Waals surface area contributed by atoms with Gasteiger partial charge in [0.05, 0.1) is 6.10 Å². The Bertz CT molecular complexity index is 324. The molecule has 0 saturated carbocycles. The molecule has 0 saturated heterocycles. The molecule has 1 aromatic carbocycles. The first-order valence-corrected chi connectivity index (χ1v) is 6.86. The van der Waals surface area contributed by atoms with E-state index in [4.69, 9.17) is 0 Å². The zero-order chi connectivity index (χ0) is 13.4. The third-order valence-corrected chi connectivity index (χ3v) is 3.08. The van der Waals surface area contributed by atoms with Crippen LogP contribution in [0, 0.1) is 0 Å². The normalized spacial score (nSPS) is 12.4. The molecule has 0 aliphatic heterocycles. The fraction of sp³-hybridized carbons (Fsp3) is 0.600. The second-order valence-corrected chi connectivity index (χ2v) is 4.76. The Balaban J connectivity index is 2.40. The number of benzene rings is 1. The van der Waals surface area contributed by atoms with E-state index in [1.165, 1.54) is 5.56 Å². The van der Waals surface area contributed by atoms with Crippen molar-refractivity contribution >= 4 is 5.69 Å². The molecule has 0 bridgehead atoms. The number of likely N-dealkylation sites (N-methyl/N-ethyl adjacent to an activating group) is 1. The molecule has 3 heteroatoms. The minimum atomic E-state index is -0.326. The maximum absolute atomic E-state index is 9.90. The van der Waals surface area contributed by atoms with Crippen LogP contribution in [0.25, 0.3) is 0 Å². The summed E-state index contributed by atoms with van der Waals surface area (Å²) in [7, 11) is 2.02. The number of aryl methyl sites for hydroxylation is 1. The number of hydrogen-bond acceptors (Lipinski definition) is 3. The van der Waals surface area contributed by atoms with E-state index in [1.54, 1.807) is 0 Å². The van der Waals surface area contributed by atoms with Crippen LogP contribution in [0.4, 0.5) is 5.69 Å². The molecule has 0 heterocycles. The van der Waals surface area contributed by atoms with Crippen molar-refractivity contribution in [1.29, 1.82) is 0 Å². The van der Waals surface area contributed by atoms with Crippen molar-refractivity contribution in [2.24, 2.45) is 0 Å². The van der Waals surface area contributed by atoms with Crippen LogP contribution >= 0.6 is 0 Å². The van der Waals surface area contributed by atoms with E-state index in [0.29, 0.717) is 13.1 Å². The third kappa shape index (κ3) is 5.07. The molecule has 1 rings (SSSR count). The summed E-state index contributed by atoms with van der Waals surface area (Å²) in [5, 5.41) is 13.1. The predicted octanol–water partition coefficient (Wildman–Crippen LogP) is 2.05. The first-order valence-electron chi connectivity index (χ1n) is 6.86. The van der Waals surface area contributed by atoms with Crippen molar-refractivity contribution in [1.82, 2.24) is 5.32 Å². The fourth-order valence-electron chi connectivity index (χ4n) is 1.92. The van der Waals surface area contributed by atoms with E-state index in [1.807, 2.05) is 7.05 Å². The van der Waals surface area contributed by atoms with Gasteiger partial charge >= 0.3 is 0 Å². The summed E-state index contributed by atoms with van der Waals surface area (Å²) in [4.78, 5) is 2.09. The zero-order valence-electron chi connectivity index (χ0n) is 11.8. The van der Waals surface area contributed by atoms with Gasteiger partial charge < -0.3 is 15.3 Å². The fourth-order valence-corrected chi connectivity index (χ4v) is 1.92. The topological polar surface area (TPSA) is 35.5 Å². The van der Waals surface area contributed by atoms with E-state index in [-0.39, 0.29) is 6.10 Å². The van der Waals surface area contributed by atoms with Crippen molar-refractivity contribution in [3.05, 3.63) is 29.8 Å². The van der Waals surface area contributed by atoms with Gasteiger partial charge in [-0.05, 0) is 37.1 Å². The Labute approximate surface area is 111 Å². The molecule has 0 aromatic heterocycles. The van der Waals surface area contributed by atoms with Crippen LogP contribution in [0.5, 0.6) is 0 Å². The molecule has 0 amide bonds. The van der Waals surface area contributed by atoms with Crippen molar-refractivity contribution in [3.63, 3.8) is 0 Å². The summed E-state index contributed by atoms with van der Waals surface area (Å²) in [6.07, 6.45) is 1.83. The van der Waals surface area contributed by atoms with E-state index in [9.17, 15) is 5.11 Å². The standard InChI is InChI=1S/C15H26N2O/c1-4-10-16-11-15(18)12-17(3)14-8-6-13(5-2)7-9-14/h6-9,15-16,18H,4-5,10-12H2,1-3H3. The number of nitrogens with one attached hydrogen (secondary N) is 1. The lowest BCUT2D eigenvalue weighted by atomic mass is 10.1. The second kappa shape index (κ2) is 8.11. The van der Waals surface area contributed by atoms with Gasteiger partial charge in [0, 0.05) is 25.8 Å². The third-order valence-electron chi connectivity index (χ3n) is 3.08. The van der Waals surface area contributed by atoms with Crippen LogP contribution < -0.4 is 10.2 Å².